The van der Waals surface area contributed by atoms with Crippen LogP contribution >= 0.6 is 0 Å². The number of hydrogen-bond donors (Lipinski definition) is 1. The van der Waals surface area contributed by atoms with E-state index < -0.39 is 11.6 Å². The maximum absolute atomic E-state index is 13.6. The van der Waals surface area contributed by atoms with Crippen molar-refractivity contribution >= 4 is 5.91 Å². The third-order valence-electron chi connectivity index (χ3n) is 3.93. The highest BCUT2D eigenvalue weighted by Crippen LogP contribution is 2.20. The van der Waals surface area contributed by atoms with E-state index in [0.717, 1.165) is 18.9 Å². The van der Waals surface area contributed by atoms with Crippen LogP contribution < -0.4 is 5.73 Å². The number of amides is 1. The highest BCUT2D eigenvalue weighted by atomic mass is 19.2. The van der Waals surface area contributed by atoms with Crippen molar-refractivity contribution < 1.29 is 13.6 Å². The van der Waals surface area contributed by atoms with Crippen LogP contribution in [0, 0.1) is 17.6 Å². The first kappa shape index (κ1) is 14.9. The Labute approximate surface area is 117 Å². The van der Waals surface area contributed by atoms with Crippen LogP contribution in [0.25, 0.3) is 0 Å². The highest BCUT2D eigenvalue weighted by Gasteiger charge is 2.26. The van der Waals surface area contributed by atoms with Gasteiger partial charge in [-0.15, -0.1) is 0 Å². The summed E-state index contributed by atoms with van der Waals surface area (Å²) in [5.74, 6) is -1.73. The molecule has 1 aliphatic heterocycles. The average Bonchev–Trinajstić information content (AvgIpc) is 2.44. The Morgan fingerprint density at radius 3 is 2.95 bits per heavy atom. The van der Waals surface area contributed by atoms with Crippen molar-refractivity contribution in [1.29, 1.82) is 0 Å². The standard InChI is InChI=1S/C15H20F2N2O/c1-10(18)12-5-3-7-19(9-12)14(20)8-11-4-2-6-13(16)15(11)17/h2,4,6,10,12H,3,5,7-9,18H2,1H3. The Balaban J connectivity index is 2.03. The van der Waals surface area contributed by atoms with Gasteiger partial charge in [0.25, 0.3) is 0 Å². The zero-order valence-corrected chi connectivity index (χ0v) is 11.6. The maximum Gasteiger partial charge on any atom is 0.227 e. The molecule has 1 aliphatic rings. The summed E-state index contributed by atoms with van der Waals surface area (Å²) in [5, 5.41) is 0. The van der Waals surface area contributed by atoms with E-state index in [9.17, 15) is 13.6 Å². The lowest BCUT2D eigenvalue weighted by atomic mass is 9.92. The smallest absolute Gasteiger partial charge is 0.227 e. The molecule has 2 atom stereocenters. The number of likely N-dealkylation sites (tertiary alicyclic amines) is 1. The number of piperidine rings is 1. The molecule has 1 heterocycles. The Morgan fingerprint density at radius 1 is 1.50 bits per heavy atom. The van der Waals surface area contributed by atoms with Gasteiger partial charge in [-0.3, -0.25) is 4.79 Å². The fourth-order valence-corrected chi connectivity index (χ4v) is 2.63. The van der Waals surface area contributed by atoms with Crippen LogP contribution in [-0.2, 0) is 11.2 Å². The lowest BCUT2D eigenvalue weighted by molar-refractivity contribution is -0.132. The summed E-state index contributed by atoms with van der Waals surface area (Å²) < 4.78 is 26.7. The number of benzene rings is 1. The minimum absolute atomic E-state index is 0.0384. The van der Waals surface area contributed by atoms with Gasteiger partial charge in [0.05, 0.1) is 6.42 Å². The van der Waals surface area contributed by atoms with Gasteiger partial charge in [0.2, 0.25) is 5.91 Å². The minimum Gasteiger partial charge on any atom is -0.342 e. The molecular formula is C15H20F2N2O. The van der Waals surface area contributed by atoms with E-state index in [4.69, 9.17) is 5.73 Å². The van der Waals surface area contributed by atoms with E-state index >= 15 is 0 Å². The summed E-state index contributed by atoms with van der Waals surface area (Å²) in [6.07, 6.45) is 1.81. The van der Waals surface area contributed by atoms with Crippen molar-refractivity contribution in [2.24, 2.45) is 11.7 Å². The molecule has 1 amide bonds. The van der Waals surface area contributed by atoms with Gasteiger partial charge < -0.3 is 10.6 Å². The quantitative estimate of drug-likeness (QED) is 0.922. The van der Waals surface area contributed by atoms with Gasteiger partial charge in [0, 0.05) is 24.7 Å². The van der Waals surface area contributed by atoms with Gasteiger partial charge in [0.15, 0.2) is 11.6 Å². The third-order valence-corrected chi connectivity index (χ3v) is 3.93. The molecule has 0 radical (unpaired) electrons. The molecule has 2 N–H and O–H groups in total. The predicted molar refractivity (Wildman–Crippen MR) is 73.0 cm³/mol. The van der Waals surface area contributed by atoms with E-state index in [2.05, 4.69) is 0 Å². The van der Waals surface area contributed by atoms with Crippen molar-refractivity contribution in [2.45, 2.75) is 32.2 Å². The molecule has 1 fully saturated rings. The number of rotatable bonds is 3. The molecule has 1 saturated heterocycles. The number of nitrogens with zero attached hydrogens (tertiary/aromatic N) is 1. The number of hydrogen-bond acceptors (Lipinski definition) is 2. The fraction of sp³-hybridized carbons (Fsp3) is 0.533. The molecule has 1 aromatic carbocycles. The van der Waals surface area contributed by atoms with Crippen LogP contribution in [0.3, 0.4) is 0 Å². The summed E-state index contributed by atoms with van der Waals surface area (Å²) in [7, 11) is 0. The number of carbonyl (C=O) groups is 1. The van der Waals surface area contributed by atoms with Gasteiger partial charge in [-0.1, -0.05) is 12.1 Å². The van der Waals surface area contributed by atoms with E-state index in [1.165, 1.54) is 12.1 Å². The summed E-state index contributed by atoms with van der Waals surface area (Å²) in [5.41, 5.74) is 5.99. The van der Waals surface area contributed by atoms with Crippen molar-refractivity contribution in [2.75, 3.05) is 13.1 Å². The molecule has 0 aliphatic carbocycles. The fourth-order valence-electron chi connectivity index (χ4n) is 2.63. The van der Waals surface area contributed by atoms with Crippen LogP contribution in [0.5, 0.6) is 0 Å². The lowest BCUT2D eigenvalue weighted by Gasteiger charge is -2.34. The molecule has 20 heavy (non-hydrogen) atoms. The van der Waals surface area contributed by atoms with Gasteiger partial charge in [0.1, 0.15) is 0 Å². The van der Waals surface area contributed by atoms with Gasteiger partial charge in [-0.25, -0.2) is 8.78 Å². The first-order valence-corrected chi connectivity index (χ1v) is 6.95. The monoisotopic (exact) mass is 282 g/mol. The molecule has 1 aromatic rings. The van der Waals surface area contributed by atoms with Crippen molar-refractivity contribution in [3.05, 3.63) is 35.4 Å². The Bertz CT molecular complexity index is 491. The molecule has 0 bridgehead atoms. The minimum atomic E-state index is -0.929. The SMILES string of the molecule is CC(N)C1CCCN(C(=O)Cc2cccc(F)c2F)C1. The molecule has 110 valence electrons. The summed E-state index contributed by atoms with van der Waals surface area (Å²) >= 11 is 0. The molecule has 0 spiro atoms. The van der Waals surface area contributed by atoms with Crippen LogP contribution in [0.1, 0.15) is 25.3 Å². The second-order valence-corrected chi connectivity index (χ2v) is 5.49. The summed E-state index contributed by atoms with van der Waals surface area (Å²) in [6.45, 7) is 3.21. The first-order chi connectivity index (χ1) is 9.49. The van der Waals surface area contributed by atoms with Gasteiger partial charge in [-0.05, 0) is 31.7 Å². The molecule has 5 heteroatoms. The molecule has 2 unspecified atom stereocenters. The van der Waals surface area contributed by atoms with Crippen LogP contribution in [0.4, 0.5) is 8.78 Å². The van der Waals surface area contributed by atoms with Crippen LogP contribution in [0.15, 0.2) is 18.2 Å². The van der Waals surface area contributed by atoms with Gasteiger partial charge >= 0.3 is 0 Å². The molecule has 0 aromatic heterocycles. The lowest BCUT2D eigenvalue weighted by Crippen LogP contribution is -2.45. The zero-order chi connectivity index (χ0) is 14.7. The summed E-state index contributed by atoms with van der Waals surface area (Å²) in [4.78, 5) is 13.9. The van der Waals surface area contributed by atoms with E-state index in [-0.39, 0.29) is 29.9 Å². The second kappa shape index (κ2) is 6.31. The number of nitrogens with two attached hydrogens (primary N) is 1. The molecular weight excluding hydrogens is 262 g/mol. The largest absolute Gasteiger partial charge is 0.342 e. The Morgan fingerprint density at radius 2 is 2.25 bits per heavy atom. The van der Waals surface area contributed by atoms with E-state index in [0.29, 0.717) is 13.1 Å². The van der Waals surface area contributed by atoms with Crippen LogP contribution in [0.2, 0.25) is 0 Å². The van der Waals surface area contributed by atoms with Crippen molar-refractivity contribution in [3.63, 3.8) is 0 Å². The topological polar surface area (TPSA) is 46.3 Å². The Kier molecular flexibility index (Phi) is 4.70. The molecule has 0 saturated carbocycles. The number of carbonyl (C=O) groups excluding carboxylic acids is 1. The van der Waals surface area contributed by atoms with Gasteiger partial charge in [-0.2, -0.15) is 0 Å². The van der Waals surface area contributed by atoms with E-state index in [1.807, 2.05) is 6.92 Å². The highest BCUT2D eigenvalue weighted by molar-refractivity contribution is 5.79. The predicted octanol–water partition coefficient (Wildman–Crippen LogP) is 2.09. The second-order valence-electron chi connectivity index (χ2n) is 5.49. The van der Waals surface area contributed by atoms with Crippen LogP contribution in [-0.4, -0.2) is 29.9 Å². The first-order valence-electron chi connectivity index (χ1n) is 6.95. The normalized spacial score (nSPS) is 20.8. The Hall–Kier alpha value is -1.49. The van der Waals surface area contributed by atoms with Crippen molar-refractivity contribution in [1.82, 2.24) is 4.90 Å². The third kappa shape index (κ3) is 3.33. The molecule has 2 rings (SSSR count). The maximum atomic E-state index is 13.6. The van der Waals surface area contributed by atoms with E-state index in [1.54, 1.807) is 4.90 Å². The zero-order valence-electron chi connectivity index (χ0n) is 11.6. The van der Waals surface area contributed by atoms with Crippen molar-refractivity contribution in [3.8, 4) is 0 Å². The number of halogens is 2. The summed E-state index contributed by atoms with van der Waals surface area (Å²) in [6, 6.07) is 3.96. The molecule has 3 nitrogen and oxygen atoms in total. The average molecular weight is 282 g/mol.